The zero-order chi connectivity index (χ0) is 27.2. The van der Waals surface area contributed by atoms with Crippen molar-refractivity contribution in [2.75, 3.05) is 32.5 Å². The van der Waals surface area contributed by atoms with E-state index in [2.05, 4.69) is 73.0 Å². The first kappa shape index (κ1) is 30.4. The highest BCUT2D eigenvalue weighted by atomic mass is 79.9. The molecule has 2 aromatic rings. The van der Waals surface area contributed by atoms with Crippen molar-refractivity contribution in [3.05, 3.63) is 56.2 Å². The van der Waals surface area contributed by atoms with E-state index in [1.165, 1.54) is 35.8 Å². The Morgan fingerprint density at radius 1 is 1.19 bits per heavy atom. The van der Waals surface area contributed by atoms with Crippen LogP contribution in [0.15, 0.2) is 40.9 Å². The lowest BCUT2D eigenvalue weighted by Gasteiger charge is -2.41. The van der Waals surface area contributed by atoms with Crippen molar-refractivity contribution in [2.24, 2.45) is 0 Å². The molecule has 37 heavy (non-hydrogen) atoms. The zero-order valence-electron chi connectivity index (χ0n) is 22.7. The van der Waals surface area contributed by atoms with Gasteiger partial charge < -0.3 is 9.16 Å². The molecule has 0 bridgehead atoms. The molecule has 0 N–H and O–H groups in total. The van der Waals surface area contributed by atoms with Gasteiger partial charge >= 0.3 is 5.97 Å². The molecule has 0 radical (unpaired) electrons. The molecular formula is C27H39BrN2O4S2Si. The van der Waals surface area contributed by atoms with Gasteiger partial charge in [-0.05, 0) is 60.8 Å². The van der Waals surface area contributed by atoms with Gasteiger partial charge in [0.1, 0.15) is 4.88 Å². The van der Waals surface area contributed by atoms with Gasteiger partial charge in [0.05, 0.1) is 13.2 Å². The number of rotatable bonds is 11. The van der Waals surface area contributed by atoms with E-state index in [0.717, 1.165) is 41.0 Å². The molecule has 204 valence electrons. The quantitative estimate of drug-likeness (QED) is 0.193. The fraction of sp³-hybridized carbons (Fsp3) is 0.556. The normalized spacial score (nSPS) is 16.2. The fourth-order valence-electron chi connectivity index (χ4n) is 3.97. The Kier molecular flexibility index (Phi) is 10.9. The second-order valence-corrected chi connectivity index (χ2v) is 18.7. The maximum absolute atomic E-state index is 12.9. The first-order valence-corrected chi connectivity index (χ1v) is 18.2. The maximum atomic E-state index is 12.9. The van der Waals surface area contributed by atoms with Crippen LogP contribution in [0.5, 0.6) is 0 Å². The van der Waals surface area contributed by atoms with Crippen molar-refractivity contribution in [2.45, 2.75) is 64.3 Å². The number of carbonyl (C=O) groups excluding carboxylic acids is 2. The summed E-state index contributed by atoms with van der Waals surface area (Å²) in [6.07, 6.45) is 2.46. The summed E-state index contributed by atoms with van der Waals surface area (Å²) in [5.41, 5.74) is 1.25. The summed E-state index contributed by atoms with van der Waals surface area (Å²) in [5.74, 6) is 0.473. The number of benzene rings is 1. The predicted octanol–water partition coefficient (Wildman–Crippen LogP) is 7.25. The molecule has 1 unspecified atom stereocenters. The molecule has 3 rings (SSSR count). The molecular weight excluding hydrogens is 588 g/mol. The fourth-order valence-corrected chi connectivity index (χ4v) is 7.55. The van der Waals surface area contributed by atoms with Crippen molar-refractivity contribution < 1.29 is 18.8 Å². The molecule has 1 fully saturated rings. The highest BCUT2D eigenvalue weighted by Crippen LogP contribution is 2.38. The molecule has 0 aliphatic carbocycles. The van der Waals surface area contributed by atoms with E-state index >= 15 is 0 Å². The van der Waals surface area contributed by atoms with Crippen LogP contribution in [0.25, 0.3) is 0 Å². The molecule has 1 aromatic heterocycles. The average molecular weight is 628 g/mol. The van der Waals surface area contributed by atoms with Crippen LogP contribution in [-0.2, 0) is 22.0 Å². The summed E-state index contributed by atoms with van der Waals surface area (Å²) in [4.78, 5) is 26.3. The third-order valence-corrected chi connectivity index (χ3v) is 14.1. The SMILES string of the molecule is COC(=O)c1ccc(CCN2C(=O)SCCN2CCC(Cc2cccc(Br)c2)O[Si](C)(C)C(C)(C)C)s1. The topological polar surface area (TPSA) is 59.1 Å². The number of hydrogen-bond acceptors (Lipinski definition) is 7. The molecule has 1 amide bonds. The number of halogens is 1. The van der Waals surface area contributed by atoms with E-state index in [4.69, 9.17) is 9.16 Å². The van der Waals surface area contributed by atoms with Crippen molar-refractivity contribution in [1.82, 2.24) is 10.0 Å². The molecule has 0 spiro atoms. The summed E-state index contributed by atoms with van der Waals surface area (Å²) in [5, 5.41) is 4.28. The summed E-state index contributed by atoms with van der Waals surface area (Å²) < 4.78 is 12.8. The minimum Gasteiger partial charge on any atom is -0.465 e. The lowest BCUT2D eigenvalue weighted by atomic mass is 10.1. The van der Waals surface area contributed by atoms with Crippen molar-refractivity contribution >= 4 is 58.6 Å². The summed E-state index contributed by atoms with van der Waals surface area (Å²) >= 11 is 6.40. The van der Waals surface area contributed by atoms with Gasteiger partial charge in [-0.3, -0.25) is 9.80 Å². The predicted molar refractivity (Wildman–Crippen MR) is 160 cm³/mol. The van der Waals surface area contributed by atoms with E-state index < -0.39 is 8.32 Å². The number of carbonyl (C=O) groups is 2. The smallest absolute Gasteiger partial charge is 0.348 e. The van der Waals surface area contributed by atoms with Crippen LogP contribution in [0.2, 0.25) is 18.1 Å². The van der Waals surface area contributed by atoms with Crippen LogP contribution in [0, 0.1) is 0 Å². The highest BCUT2D eigenvalue weighted by molar-refractivity contribution is 9.10. The van der Waals surface area contributed by atoms with Gasteiger partial charge in [-0.2, -0.15) is 0 Å². The Hall–Kier alpha value is -1.17. The van der Waals surface area contributed by atoms with Gasteiger partial charge in [0, 0.05) is 41.2 Å². The summed E-state index contributed by atoms with van der Waals surface area (Å²) in [7, 11) is -0.583. The van der Waals surface area contributed by atoms with Crippen molar-refractivity contribution in [1.29, 1.82) is 0 Å². The number of ether oxygens (including phenoxy) is 1. The minimum absolute atomic E-state index is 0.0710. The molecule has 6 nitrogen and oxygen atoms in total. The number of methoxy groups -OCH3 is 1. The number of esters is 1. The third kappa shape index (κ3) is 8.66. The van der Waals surface area contributed by atoms with Crippen LogP contribution >= 0.6 is 39.0 Å². The molecule has 10 heteroatoms. The highest BCUT2D eigenvalue weighted by Gasteiger charge is 2.39. The summed E-state index contributed by atoms with van der Waals surface area (Å²) in [6, 6.07) is 12.2. The van der Waals surface area contributed by atoms with Crippen LogP contribution in [0.4, 0.5) is 4.79 Å². The van der Waals surface area contributed by atoms with E-state index in [1.54, 1.807) is 6.07 Å². The van der Waals surface area contributed by atoms with E-state index in [9.17, 15) is 9.59 Å². The third-order valence-electron chi connectivity index (χ3n) is 7.07. The number of hydrazine groups is 1. The van der Waals surface area contributed by atoms with Gasteiger partial charge in [-0.1, -0.05) is 60.6 Å². The van der Waals surface area contributed by atoms with E-state index in [-0.39, 0.29) is 22.4 Å². The first-order valence-electron chi connectivity index (χ1n) is 12.7. The van der Waals surface area contributed by atoms with Gasteiger partial charge in [0.15, 0.2) is 8.32 Å². The largest absolute Gasteiger partial charge is 0.465 e. The Labute approximate surface area is 239 Å². The van der Waals surface area contributed by atoms with Crippen LogP contribution in [-0.4, -0.2) is 68.1 Å². The minimum atomic E-state index is -1.97. The molecule has 1 aliphatic rings. The van der Waals surface area contributed by atoms with Gasteiger partial charge in [0.2, 0.25) is 0 Å². The molecule has 0 saturated carbocycles. The van der Waals surface area contributed by atoms with Crippen molar-refractivity contribution in [3.8, 4) is 0 Å². The molecule has 1 atom stereocenters. The number of thiophene rings is 1. The number of amides is 1. The lowest BCUT2D eigenvalue weighted by molar-refractivity contribution is 0.0161. The Morgan fingerprint density at radius 3 is 2.62 bits per heavy atom. The number of thioether (sulfide) groups is 1. The first-order chi connectivity index (χ1) is 17.4. The lowest BCUT2D eigenvalue weighted by Crippen LogP contribution is -2.51. The van der Waals surface area contributed by atoms with Gasteiger partial charge in [0.25, 0.3) is 5.24 Å². The Balaban J connectivity index is 1.69. The monoisotopic (exact) mass is 626 g/mol. The Bertz CT molecular complexity index is 1070. The Morgan fingerprint density at radius 2 is 1.95 bits per heavy atom. The maximum Gasteiger partial charge on any atom is 0.348 e. The molecule has 1 saturated heterocycles. The van der Waals surface area contributed by atoms with Crippen LogP contribution < -0.4 is 0 Å². The molecule has 1 aromatic carbocycles. The van der Waals surface area contributed by atoms with Crippen molar-refractivity contribution in [3.63, 3.8) is 0 Å². The van der Waals surface area contributed by atoms with E-state index in [0.29, 0.717) is 17.8 Å². The van der Waals surface area contributed by atoms with E-state index in [1.807, 2.05) is 17.1 Å². The zero-order valence-corrected chi connectivity index (χ0v) is 26.9. The number of nitrogens with zero attached hydrogens (tertiary/aromatic N) is 2. The average Bonchev–Trinajstić information content (AvgIpc) is 3.29. The molecule has 1 aliphatic heterocycles. The summed E-state index contributed by atoms with van der Waals surface area (Å²) in [6.45, 7) is 13.6. The van der Waals surface area contributed by atoms with Crippen LogP contribution in [0.3, 0.4) is 0 Å². The second-order valence-electron chi connectivity index (χ2n) is 10.8. The van der Waals surface area contributed by atoms with Crippen LogP contribution in [0.1, 0.15) is 47.3 Å². The van der Waals surface area contributed by atoms with Gasteiger partial charge in [-0.25, -0.2) is 9.80 Å². The molecule has 2 heterocycles. The standard InChI is InChI=1S/C27H39BrN2O4S2Si/c1-27(2,3)37(5,6)34-22(19-20-8-7-9-21(28)18-20)12-14-29-16-17-35-26(32)30(29)15-13-23-10-11-24(36-23)25(31)33-4/h7-11,18,22H,12-17,19H2,1-6H3. The van der Waals surface area contributed by atoms with Gasteiger partial charge in [-0.15, -0.1) is 11.3 Å². The number of hydrogen-bond donors (Lipinski definition) is 0. The second kappa shape index (κ2) is 13.3.